The number of nitro groups is 1. The standard InChI is InChI=1S/C14H19N3O5/c1-2-22-13-5-9(3-4-11(13)17(20)21)7-16-8-10(18)6-12(16)14(15)19/h3-5,10,12,18H,2,6-8H2,1H3,(H2,15,19)/t10-,12+/m1/s1. The number of ether oxygens (including phenoxy) is 1. The first-order chi connectivity index (χ1) is 10.4. The van der Waals surface area contributed by atoms with Crippen LogP contribution in [0.15, 0.2) is 18.2 Å². The van der Waals surface area contributed by atoms with Crippen molar-refractivity contribution in [2.45, 2.75) is 32.0 Å². The van der Waals surface area contributed by atoms with E-state index >= 15 is 0 Å². The second kappa shape index (κ2) is 6.71. The third-order valence-corrected chi connectivity index (χ3v) is 3.62. The zero-order valence-corrected chi connectivity index (χ0v) is 12.3. The van der Waals surface area contributed by atoms with Crippen LogP contribution in [0.3, 0.4) is 0 Å². The van der Waals surface area contributed by atoms with Gasteiger partial charge in [-0.1, -0.05) is 6.07 Å². The Balaban J connectivity index is 2.20. The molecule has 0 bridgehead atoms. The third-order valence-electron chi connectivity index (χ3n) is 3.62. The molecule has 0 radical (unpaired) electrons. The van der Waals surface area contributed by atoms with Gasteiger partial charge in [-0.15, -0.1) is 0 Å². The number of aliphatic hydroxyl groups excluding tert-OH is 1. The number of hydrogen-bond donors (Lipinski definition) is 2. The average molecular weight is 309 g/mol. The summed E-state index contributed by atoms with van der Waals surface area (Å²) in [5, 5.41) is 20.6. The number of likely N-dealkylation sites (tertiary alicyclic amines) is 1. The summed E-state index contributed by atoms with van der Waals surface area (Å²) in [6, 6.07) is 4.06. The van der Waals surface area contributed by atoms with Crippen molar-refractivity contribution in [3.63, 3.8) is 0 Å². The van der Waals surface area contributed by atoms with Gasteiger partial charge in [-0.3, -0.25) is 19.8 Å². The van der Waals surface area contributed by atoms with Crippen LogP contribution >= 0.6 is 0 Å². The minimum Gasteiger partial charge on any atom is -0.487 e. The van der Waals surface area contributed by atoms with Crippen LogP contribution < -0.4 is 10.5 Å². The summed E-state index contributed by atoms with van der Waals surface area (Å²) in [6.07, 6.45) is -0.289. The van der Waals surface area contributed by atoms with Crippen molar-refractivity contribution >= 4 is 11.6 Å². The van der Waals surface area contributed by atoms with Gasteiger partial charge in [-0.05, 0) is 25.0 Å². The number of amides is 1. The molecule has 0 unspecified atom stereocenters. The van der Waals surface area contributed by atoms with Crippen molar-refractivity contribution in [1.82, 2.24) is 4.90 Å². The molecule has 22 heavy (non-hydrogen) atoms. The van der Waals surface area contributed by atoms with Crippen LogP contribution in [-0.2, 0) is 11.3 Å². The van der Waals surface area contributed by atoms with E-state index in [1.165, 1.54) is 6.07 Å². The van der Waals surface area contributed by atoms with E-state index in [9.17, 15) is 20.0 Å². The van der Waals surface area contributed by atoms with E-state index in [0.717, 1.165) is 5.56 Å². The molecule has 0 aromatic heterocycles. The van der Waals surface area contributed by atoms with E-state index in [1.807, 2.05) is 0 Å². The van der Waals surface area contributed by atoms with Crippen molar-refractivity contribution in [1.29, 1.82) is 0 Å². The van der Waals surface area contributed by atoms with Crippen molar-refractivity contribution in [2.24, 2.45) is 5.73 Å². The summed E-state index contributed by atoms with van der Waals surface area (Å²) in [5.41, 5.74) is 6.00. The van der Waals surface area contributed by atoms with E-state index in [-0.39, 0.29) is 11.4 Å². The van der Waals surface area contributed by atoms with Gasteiger partial charge in [0.25, 0.3) is 0 Å². The van der Waals surface area contributed by atoms with E-state index in [2.05, 4.69) is 0 Å². The quantitative estimate of drug-likeness (QED) is 0.580. The fourth-order valence-electron chi connectivity index (χ4n) is 2.66. The Labute approximate surface area is 127 Å². The highest BCUT2D eigenvalue weighted by atomic mass is 16.6. The van der Waals surface area contributed by atoms with Crippen LogP contribution in [0.25, 0.3) is 0 Å². The van der Waals surface area contributed by atoms with E-state index in [0.29, 0.717) is 26.1 Å². The molecule has 0 spiro atoms. The predicted molar refractivity (Wildman–Crippen MR) is 78.3 cm³/mol. The largest absolute Gasteiger partial charge is 0.487 e. The number of nitrogens with two attached hydrogens (primary N) is 1. The molecule has 0 aliphatic carbocycles. The van der Waals surface area contributed by atoms with Crippen molar-refractivity contribution in [2.75, 3.05) is 13.2 Å². The lowest BCUT2D eigenvalue weighted by molar-refractivity contribution is -0.385. The fraction of sp³-hybridized carbons (Fsp3) is 0.500. The molecular formula is C14H19N3O5. The SMILES string of the molecule is CCOc1cc(CN2C[C@H](O)C[C@H]2C(N)=O)ccc1[N+](=O)[O-]. The second-order valence-corrected chi connectivity index (χ2v) is 5.23. The van der Waals surface area contributed by atoms with Gasteiger partial charge in [0.05, 0.1) is 23.7 Å². The van der Waals surface area contributed by atoms with Crippen LogP contribution in [0.5, 0.6) is 5.75 Å². The van der Waals surface area contributed by atoms with Gasteiger partial charge in [-0.25, -0.2) is 0 Å². The summed E-state index contributed by atoms with van der Waals surface area (Å²) in [6.45, 7) is 2.77. The first-order valence-electron chi connectivity index (χ1n) is 7.04. The van der Waals surface area contributed by atoms with Crippen molar-refractivity contribution in [3.05, 3.63) is 33.9 Å². The molecule has 3 N–H and O–H groups in total. The Kier molecular flexibility index (Phi) is 4.94. The Bertz CT molecular complexity index is 578. The number of nitro benzene ring substituents is 1. The number of carbonyl (C=O) groups is 1. The van der Waals surface area contributed by atoms with Gasteiger partial charge >= 0.3 is 5.69 Å². The number of rotatable bonds is 6. The van der Waals surface area contributed by atoms with Crippen LogP contribution in [-0.4, -0.2) is 46.1 Å². The summed E-state index contributed by atoms with van der Waals surface area (Å²) in [4.78, 5) is 23.6. The molecule has 1 aliphatic heterocycles. The number of aliphatic hydroxyl groups is 1. The highest BCUT2D eigenvalue weighted by Gasteiger charge is 2.34. The Morgan fingerprint density at radius 2 is 2.32 bits per heavy atom. The van der Waals surface area contributed by atoms with Gasteiger partial charge in [0.2, 0.25) is 5.91 Å². The number of benzene rings is 1. The van der Waals surface area contributed by atoms with Gasteiger partial charge in [0, 0.05) is 19.2 Å². The summed E-state index contributed by atoms with van der Waals surface area (Å²) in [7, 11) is 0. The van der Waals surface area contributed by atoms with Crippen LogP contribution in [0, 0.1) is 10.1 Å². The number of β-amino-alcohol motifs (C(OH)–C–C–N with tert-alkyl or cyclic N) is 1. The van der Waals surface area contributed by atoms with Crippen LogP contribution in [0.2, 0.25) is 0 Å². The molecule has 2 atom stereocenters. The van der Waals surface area contributed by atoms with E-state index in [1.54, 1.807) is 24.0 Å². The van der Waals surface area contributed by atoms with Gasteiger partial charge in [0.1, 0.15) is 0 Å². The fourth-order valence-corrected chi connectivity index (χ4v) is 2.66. The summed E-state index contributed by atoms with van der Waals surface area (Å²) < 4.78 is 5.30. The molecule has 1 aromatic carbocycles. The Morgan fingerprint density at radius 3 is 2.91 bits per heavy atom. The van der Waals surface area contributed by atoms with Gasteiger partial charge in [0.15, 0.2) is 5.75 Å². The number of primary amides is 1. The third kappa shape index (κ3) is 3.52. The van der Waals surface area contributed by atoms with Crippen molar-refractivity contribution in [3.8, 4) is 5.75 Å². The molecule has 1 aliphatic rings. The lowest BCUT2D eigenvalue weighted by Crippen LogP contribution is -2.39. The van der Waals surface area contributed by atoms with Gasteiger partial charge in [-0.2, -0.15) is 0 Å². The molecule has 1 amide bonds. The lowest BCUT2D eigenvalue weighted by Gasteiger charge is -2.21. The molecular weight excluding hydrogens is 290 g/mol. The highest BCUT2D eigenvalue weighted by Crippen LogP contribution is 2.29. The van der Waals surface area contributed by atoms with Crippen LogP contribution in [0.4, 0.5) is 5.69 Å². The smallest absolute Gasteiger partial charge is 0.310 e. The minimum atomic E-state index is -0.595. The molecule has 8 nitrogen and oxygen atoms in total. The summed E-state index contributed by atoms with van der Waals surface area (Å²) in [5.74, 6) is -0.288. The average Bonchev–Trinajstić information content (AvgIpc) is 2.80. The zero-order chi connectivity index (χ0) is 16.3. The topological polar surface area (TPSA) is 119 Å². The molecule has 1 fully saturated rings. The number of nitrogens with zero attached hydrogens (tertiary/aromatic N) is 2. The maximum absolute atomic E-state index is 11.4. The van der Waals surface area contributed by atoms with Crippen molar-refractivity contribution < 1.29 is 19.6 Å². The molecule has 2 rings (SSSR count). The Hall–Kier alpha value is -2.19. The first kappa shape index (κ1) is 16.2. The first-order valence-corrected chi connectivity index (χ1v) is 7.04. The lowest BCUT2D eigenvalue weighted by atomic mass is 10.1. The molecule has 0 saturated carbocycles. The minimum absolute atomic E-state index is 0.0986. The van der Waals surface area contributed by atoms with E-state index in [4.69, 9.17) is 10.5 Å². The number of hydrogen-bond acceptors (Lipinski definition) is 6. The van der Waals surface area contributed by atoms with E-state index < -0.39 is 23.0 Å². The second-order valence-electron chi connectivity index (χ2n) is 5.23. The van der Waals surface area contributed by atoms with Gasteiger partial charge < -0.3 is 15.6 Å². The normalized spacial score (nSPS) is 21.7. The molecule has 1 saturated heterocycles. The predicted octanol–water partition coefficient (Wildman–Crippen LogP) is 0.414. The number of carbonyl (C=O) groups excluding carboxylic acids is 1. The van der Waals surface area contributed by atoms with Crippen LogP contribution in [0.1, 0.15) is 18.9 Å². The summed E-state index contributed by atoms with van der Waals surface area (Å²) >= 11 is 0. The maximum atomic E-state index is 11.4. The molecule has 120 valence electrons. The molecule has 1 heterocycles. The maximum Gasteiger partial charge on any atom is 0.310 e. The molecule has 1 aromatic rings. The zero-order valence-electron chi connectivity index (χ0n) is 12.3. The monoisotopic (exact) mass is 309 g/mol. The Morgan fingerprint density at radius 1 is 1.59 bits per heavy atom. The molecule has 8 heteroatoms. The highest BCUT2D eigenvalue weighted by molar-refractivity contribution is 5.80.